The van der Waals surface area contributed by atoms with Gasteiger partial charge in [-0.15, -0.1) is 0 Å². The van der Waals surface area contributed by atoms with E-state index in [-0.39, 0.29) is 23.5 Å². The molecule has 0 saturated carbocycles. The van der Waals surface area contributed by atoms with Crippen molar-refractivity contribution in [2.75, 3.05) is 27.2 Å². The Bertz CT molecular complexity index is 927. The summed E-state index contributed by atoms with van der Waals surface area (Å²) < 4.78 is 36.9. The Kier molecular flexibility index (Phi) is 8.68. The molecule has 7 nitrogen and oxygen atoms in total. The minimum Gasteiger partial charge on any atom is -0.497 e. The van der Waals surface area contributed by atoms with Crippen LogP contribution in [-0.4, -0.2) is 52.0 Å². The monoisotopic (exact) mass is 434 g/mol. The Morgan fingerprint density at radius 3 is 2.43 bits per heavy atom. The molecule has 2 aromatic rings. The number of nitrogens with one attached hydrogen (secondary N) is 1. The first-order valence-corrected chi connectivity index (χ1v) is 11.3. The van der Waals surface area contributed by atoms with Gasteiger partial charge in [-0.3, -0.25) is 4.79 Å². The number of rotatable bonds is 11. The largest absolute Gasteiger partial charge is 0.497 e. The van der Waals surface area contributed by atoms with E-state index in [1.165, 1.54) is 26.3 Å². The average molecular weight is 435 g/mol. The van der Waals surface area contributed by atoms with Crippen LogP contribution in [0.2, 0.25) is 0 Å². The van der Waals surface area contributed by atoms with Crippen molar-refractivity contribution < 1.29 is 22.7 Å². The SMILES string of the molecule is COc1ccc(S(=O)(=O)N(C)CC(=O)NCCCc2cccc(OC(C)C)c2)cc1. The molecule has 0 aromatic heterocycles. The van der Waals surface area contributed by atoms with Gasteiger partial charge in [0.15, 0.2) is 0 Å². The van der Waals surface area contributed by atoms with Gasteiger partial charge in [-0.1, -0.05) is 12.1 Å². The van der Waals surface area contributed by atoms with Crippen molar-refractivity contribution in [1.29, 1.82) is 0 Å². The number of carbonyl (C=O) groups is 1. The number of hydrogen-bond acceptors (Lipinski definition) is 5. The van der Waals surface area contributed by atoms with Gasteiger partial charge >= 0.3 is 0 Å². The van der Waals surface area contributed by atoms with Crippen molar-refractivity contribution in [3.05, 3.63) is 54.1 Å². The lowest BCUT2D eigenvalue weighted by molar-refractivity contribution is -0.121. The van der Waals surface area contributed by atoms with E-state index in [0.717, 1.165) is 28.5 Å². The molecule has 0 aliphatic carbocycles. The summed E-state index contributed by atoms with van der Waals surface area (Å²) in [7, 11) is -0.846. The molecular formula is C22H30N2O5S. The van der Waals surface area contributed by atoms with E-state index in [2.05, 4.69) is 5.32 Å². The summed E-state index contributed by atoms with van der Waals surface area (Å²) >= 11 is 0. The standard InChI is InChI=1S/C22H30N2O5S/c1-17(2)29-20-9-5-7-18(15-20)8-6-14-23-22(25)16-24(3)30(26,27)21-12-10-19(28-4)11-13-21/h5,7,9-13,15,17H,6,8,14,16H2,1-4H3,(H,23,25). The van der Waals surface area contributed by atoms with Crippen LogP contribution in [0.3, 0.4) is 0 Å². The molecule has 0 aliphatic rings. The van der Waals surface area contributed by atoms with E-state index in [0.29, 0.717) is 12.3 Å². The zero-order valence-corrected chi connectivity index (χ0v) is 18.7. The minimum absolute atomic E-state index is 0.113. The van der Waals surface area contributed by atoms with Crippen molar-refractivity contribution in [3.8, 4) is 11.5 Å². The summed E-state index contributed by atoms with van der Waals surface area (Å²) in [5.41, 5.74) is 1.13. The molecular weight excluding hydrogens is 404 g/mol. The topological polar surface area (TPSA) is 84.9 Å². The molecule has 0 heterocycles. The molecule has 1 amide bonds. The molecule has 0 saturated heterocycles. The zero-order chi connectivity index (χ0) is 22.1. The molecule has 2 rings (SSSR count). The third-order valence-electron chi connectivity index (χ3n) is 4.37. The molecule has 8 heteroatoms. The molecule has 2 aromatic carbocycles. The van der Waals surface area contributed by atoms with Gasteiger partial charge in [-0.05, 0) is 68.7 Å². The number of hydrogen-bond donors (Lipinski definition) is 1. The fourth-order valence-electron chi connectivity index (χ4n) is 2.84. The van der Waals surface area contributed by atoms with Crippen LogP contribution in [0.4, 0.5) is 0 Å². The number of carbonyl (C=O) groups excluding carboxylic acids is 1. The number of sulfonamides is 1. The quantitative estimate of drug-likeness (QED) is 0.550. The van der Waals surface area contributed by atoms with E-state index >= 15 is 0 Å². The van der Waals surface area contributed by atoms with Gasteiger partial charge in [0.2, 0.25) is 15.9 Å². The van der Waals surface area contributed by atoms with E-state index in [4.69, 9.17) is 9.47 Å². The summed E-state index contributed by atoms with van der Waals surface area (Å²) in [5.74, 6) is 1.05. The second-order valence-electron chi connectivity index (χ2n) is 7.20. The number of benzene rings is 2. The van der Waals surface area contributed by atoms with Crippen LogP contribution in [0.25, 0.3) is 0 Å². The highest BCUT2D eigenvalue weighted by Gasteiger charge is 2.22. The molecule has 0 spiro atoms. The van der Waals surface area contributed by atoms with Crippen molar-refractivity contribution in [2.45, 2.75) is 37.7 Å². The number of aryl methyl sites for hydroxylation is 1. The van der Waals surface area contributed by atoms with Gasteiger partial charge < -0.3 is 14.8 Å². The number of amides is 1. The van der Waals surface area contributed by atoms with Gasteiger partial charge in [0, 0.05) is 13.6 Å². The molecule has 0 unspecified atom stereocenters. The fourth-order valence-corrected chi connectivity index (χ4v) is 3.96. The second-order valence-corrected chi connectivity index (χ2v) is 9.25. The first-order chi connectivity index (χ1) is 14.2. The summed E-state index contributed by atoms with van der Waals surface area (Å²) in [4.78, 5) is 12.3. The molecule has 164 valence electrons. The lowest BCUT2D eigenvalue weighted by Crippen LogP contribution is -2.38. The number of nitrogens with zero attached hydrogens (tertiary/aromatic N) is 1. The van der Waals surface area contributed by atoms with Crippen LogP contribution in [0, 0.1) is 0 Å². The minimum atomic E-state index is -3.74. The number of methoxy groups -OCH3 is 1. The van der Waals surface area contributed by atoms with E-state index in [1.807, 2.05) is 38.1 Å². The molecule has 0 atom stereocenters. The van der Waals surface area contributed by atoms with Gasteiger partial charge in [-0.2, -0.15) is 4.31 Å². The first-order valence-electron chi connectivity index (χ1n) is 9.85. The predicted molar refractivity (Wildman–Crippen MR) is 116 cm³/mol. The molecule has 0 bridgehead atoms. The van der Waals surface area contributed by atoms with Crippen LogP contribution in [-0.2, 0) is 21.2 Å². The third-order valence-corrected chi connectivity index (χ3v) is 6.19. The highest BCUT2D eigenvalue weighted by Crippen LogP contribution is 2.18. The lowest BCUT2D eigenvalue weighted by Gasteiger charge is -2.17. The smallest absolute Gasteiger partial charge is 0.243 e. The van der Waals surface area contributed by atoms with Gasteiger partial charge in [0.05, 0.1) is 24.7 Å². The summed E-state index contributed by atoms with van der Waals surface area (Å²) in [6.07, 6.45) is 1.65. The number of ether oxygens (including phenoxy) is 2. The zero-order valence-electron chi connectivity index (χ0n) is 17.9. The number of likely N-dealkylation sites (N-methyl/N-ethyl adjacent to an activating group) is 1. The Morgan fingerprint density at radius 2 is 1.80 bits per heavy atom. The summed E-state index contributed by atoms with van der Waals surface area (Å²) in [5, 5.41) is 2.78. The normalized spacial score (nSPS) is 11.5. The Morgan fingerprint density at radius 1 is 1.10 bits per heavy atom. The summed E-state index contributed by atoms with van der Waals surface area (Å²) in [6.45, 7) is 4.18. The predicted octanol–water partition coefficient (Wildman–Crippen LogP) is 2.85. The summed E-state index contributed by atoms with van der Waals surface area (Å²) in [6, 6.07) is 13.9. The van der Waals surface area contributed by atoms with Crippen LogP contribution < -0.4 is 14.8 Å². The average Bonchev–Trinajstić information content (AvgIpc) is 2.71. The third kappa shape index (κ3) is 7.03. The van der Waals surface area contributed by atoms with Crippen molar-refractivity contribution in [3.63, 3.8) is 0 Å². The fraction of sp³-hybridized carbons (Fsp3) is 0.409. The second kappa shape index (κ2) is 11.0. The van der Waals surface area contributed by atoms with E-state index in [1.54, 1.807) is 12.1 Å². The molecule has 0 radical (unpaired) electrons. The highest BCUT2D eigenvalue weighted by atomic mass is 32.2. The van der Waals surface area contributed by atoms with Gasteiger partial charge in [0.1, 0.15) is 11.5 Å². The van der Waals surface area contributed by atoms with Crippen LogP contribution in [0.1, 0.15) is 25.8 Å². The Balaban J connectivity index is 1.79. The maximum absolute atomic E-state index is 12.6. The van der Waals surface area contributed by atoms with Crippen LogP contribution >= 0.6 is 0 Å². The highest BCUT2D eigenvalue weighted by molar-refractivity contribution is 7.89. The molecule has 0 fully saturated rings. The Hall–Kier alpha value is -2.58. The van der Waals surface area contributed by atoms with Crippen molar-refractivity contribution >= 4 is 15.9 Å². The van der Waals surface area contributed by atoms with Crippen molar-refractivity contribution in [2.24, 2.45) is 0 Å². The van der Waals surface area contributed by atoms with Crippen LogP contribution in [0.15, 0.2) is 53.4 Å². The lowest BCUT2D eigenvalue weighted by atomic mass is 10.1. The first kappa shape index (κ1) is 23.7. The van der Waals surface area contributed by atoms with Gasteiger partial charge in [-0.25, -0.2) is 8.42 Å². The maximum atomic E-state index is 12.6. The van der Waals surface area contributed by atoms with E-state index in [9.17, 15) is 13.2 Å². The Labute approximate surface area is 179 Å². The van der Waals surface area contributed by atoms with Crippen LogP contribution in [0.5, 0.6) is 11.5 Å². The van der Waals surface area contributed by atoms with E-state index < -0.39 is 10.0 Å². The molecule has 30 heavy (non-hydrogen) atoms. The molecule has 1 N–H and O–H groups in total. The van der Waals surface area contributed by atoms with Gasteiger partial charge in [0.25, 0.3) is 0 Å². The van der Waals surface area contributed by atoms with Crippen molar-refractivity contribution in [1.82, 2.24) is 9.62 Å². The maximum Gasteiger partial charge on any atom is 0.243 e. The molecule has 0 aliphatic heterocycles.